The fraction of sp³-hybridized carbons (Fsp3) is 0. The smallest absolute Gasteiger partial charge is 0.335 e. The summed E-state index contributed by atoms with van der Waals surface area (Å²) >= 11 is 0. The Morgan fingerprint density at radius 1 is 0.913 bits per heavy atom. The van der Waals surface area contributed by atoms with Crippen molar-refractivity contribution in [2.24, 2.45) is 0 Å². The molecular weight excluding hydrogens is 296 g/mol. The number of amides is 4. The van der Waals surface area contributed by atoms with E-state index in [1.165, 1.54) is 18.2 Å². The fourth-order valence-corrected chi connectivity index (χ4v) is 2.21. The Labute approximate surface area is 131 Å². The maximum Gasteiger partial charge on any atom is 0.335 e. The van der Waals surface area contributed by atoms with Gasteiger partial charge in [0.15, 0.2) is 0 Å². The molecule has 2 aromatic rings. The van der Waals surface area contributed by atoms with E-state index in [9.17, 15) is 19.5 Å². The number of anilines is 1. The number of nitrogens with zero attached hydrogens (tertiary/aromatic N) is 1. The molecule has 6 heteroatoms. The van der Waals surface area contributed by atoms with Crippen LogP contribution in [-0.2, 0) is 9.59 Å². The van der Waals surface area contributed by atoms with E-state index in [1.807, 2.05) is 0 Å². The van der Waals surface area contributed by atoms with Crippen molar-refractivity contribution >= 4 is 29.6 Å². The highest BCUT2D eigenvalue weighted by atomic mass is 16.3. The number of aromatic hydroxyl groups is 1. The third-order valence-electron chi connectivity index (χ3n) is 3.32. The maximum absolute atomic E-state index is 12.5. The molecule has 114 valence electrons. The Morgan fingerprint density at radius 2 is 1.57 bits per heavy atom. The lowest BCUT2D eigenvalue weighted by Crippen LogP contribution is -2.54. The van der Waals surface area contributed by atoms with Gasteiger partial charge in [-0.3, -0.25) is 14.9 Å². The Balaban J connectivity index is 2.00. The third kappa shape index (κ3) is 2.82. The minimum Gasteiger partial charge on any atom is -0.508 e. The molecule has 0 saturated carbocycles. The highest BCUT2D eigenvalue weighted by molar-refractivity contribution is 6.39. The molecule has 0 unspecified atom stereocenters. The summed E-state index contributed by atoms with van der Waals surface area (Å²) in [4.78, 5) is 37.4. The summed E-state index contributed by atoms with van der Waals surface area (Å²) in [5.41, 5.74) is 0.780. The van der Waals surface area contributed by atoms with Gasteiger partial charge in [-0.1, -0.05) is 30.3 Å². The molecule has 3 rings (SSSR count). The number of hydrogen-bond acceptors (Lipinski definition) is 4. The monoisotopic (exact) mass is 308 g/mol. The van der Waals surface area contributed by atoms with Gasteiger partial charge >= 0.3 is 6.03 Å². The second kappa shape index (κ2) is 5.76. The molecule has 0 aromatic heterocycles. The van der Waals surface area contributed by atoms with Crippen molar-refractivity contribution in [2.75, 3.05) is 4.90 Å². The first-order valence-electron chi connectivity index (χ1n) is 6.82. The number of carbonyl (C=O) groups excluding carboxylic acids is 3. The SMILES string of the molecule is O=C1NC(=O)N(c2ccccc2)C(=O)/C1=C\c1ccc(O)cc1. The Bertz CT molecular complexity index is 810. The van der Waals surface area contributed by atoms with Crippen LogP contribution in [0.5, 0.6) is 5.75 Å². The van der Waals surface area contributed by atoms with Gasteiger partial charge in [0.2, 0.25) is 0 Å². The minimum atomic E-state index is -0.783. The third-order valence-corrected chi connectivity index (χ3v) is 3.32. The van der Waals surface area contributed by atoms with E-state index in [1.54, 1.807) is 42.5 Å². The molecule has 0 spiro atoms. The highest BCUT2D eigenvalue weighted by Crippen LogP contribution is 2.21. The second-order valence-electron chi connectivity index (χ2n) is 4.88. The van der Waals surface area contributed by atoms with Crippen LogP contribution < -0.4 is 10.2 Å². The summed E-state index contributed by atoms with van der Waals surface area (Å²) in [6.45, 7) is 0. The van der Waals surface area contributed by atoms with Gasteiger partial charge < -0.3 is 5.11 Å². The first kappa shape index (κ1) is 14.5. The number of imide groups is 2. The Morgan fingerprint density at radius 3 is 2.22 bits per heavy atom. The van der Waals surface area contributed by atoms with Crippen LogP contribution in [0.3, 0.4) is 0 Å². The number of para-hydroxylation sites is 1. The van der Waals surface area contributed by atoms with E-state index in [2.05, 4.69) is 5.32 Å². The normalized spacial score (nSPS) is 16.6. The summed E-state index contributed by atoms with van der Waals surface area (Å²) in [6.07, 6.45) is 1.37. The van der Waals surface area contributed by atoms with Gasteiger partial charge in [0.25, 0.3) is 11.8 Å². The number of barbiturate groups is 1. The Kier molecular flexibility index (Phi) is 3.64. The lowest BCUT2D eigenvalue weighted by molar-refractivity contribution is -0.122. The zero-order valence-corrected chi connectivity index (χ0v) is 11.9. The van der Waals surface area contributed by atoms with E-state index >= 15 is 0 Å². The first-order chi connectivity index (χ1) is 11.1. The van der Waals surface area contributed by atoms with Crippen molar-refractivity contribution in [1.82, 2.24) is 5.32 Å². The number of rotatable bonds is 2. The van der Waals surface area contributed by atoms with Crippen molar-refractivity contribution in [2.45, 2.75) is 0 Å². The molecule has 4 amide bonds. The number of nitrogens with one attached hydrogen (secondary N) is 1. The number of hydrogen-bond donors (Lipinski definition) is 2. The molecule has 2 N–H and O–H groups in total. The van der Waals surface area contributed by atoms with E-state index in [4.69, 9.17) is 0 Å². The van der Waals surface area contributed by atoms with Crippen molar-refractivity contribution in [3.05, 3.63) is 65.7 Å². The largest absolute Gasteiger partial charge is 0.508 e. The lowest BCUT2D eigenvalue weighted by Gasteiger charge is -2.26. The van der Waals surface area contributed by atoms with Gasteiger partial charge in [0.1, 0.15) is 11.3 Å². The van der Waals surface area contributed by atoms with E-state index in [-0.39, 0.29) is 11.3 Å². The van der Waals surface area contributed by atoms with E-state index in [0.29, 0.717) is 11.3 Å². The standard InChI is InChI=1S/C17H12N2O4/c20-13-8-6-11(7-9-13)10-14-15(21)18-17(23)19(16(14)22)12-4-2-1-3-5-12/h1-10,20H,(H,18,21,23)/b14-10-. The highest BCUT2D eigenvalue weighted by Gasteiger charge is 2.36. The first-order valence-corrected chi connectivity index (χ1v) is 6.82. The molecular formula is C17H12N2O4. The predicted octanol–water partition coefficient (Wildman–Crippen LogP) is 2.06. The summed E-state index contributed by atoms with van der Waals surface area (Å²) in [7, 11) is 0. The molecule has 0 atom stereocenters. The molecule has 2 aromatic carbocycles. The van der Waals surface area contributed by atoms with Crippen LogP contribution in [0.1, 0.15) is 5.56 Å². The van der Waals surface area contributed by atoms with Crippen LogP contribution >= 0.6 is 0 Å². The van der Waals surface area contributed by atoms with Gasteiger partial charge in [-0.05, 0) is 35.9 Å². The number of phenolic OH excluding ortho intramolecular Hbond substituents is 1. The van der Waals surface area contributed by atoms with Crippen LogP contribution in [0.4, 0.5) is 10.5 Å². The molecule has 1 heterocycles. The summed E-state index contributed by atoms with van der Waals surface area (Å²) < 4.78 is 0. The van der Waals surface area contributed by atoms with Crippen molar-refractivity contribution in [1.29, 1.82) is 0 Å². The summed E-state index contributed by atoms with van der Waals surface area (Å²) in [6, 6.07) is 13.6. The van der Waals surface area contributed by atoms with Gasteiger partial charge in [0.05, 0.1) is 5.69 Å². The quantitative estimate of drug-likeness (QED) is 0.657. The average molecular weight is 308 g/mol. The lowest BCUT2D eigenvalue weighted by atomic mass is 10.1. The topological polar surface area (TPSA) is 86.7 Å². The molecule has 1 saturated heterocycles. The average Bonchev–Trinajstić information content (AvgIpc) is 2.54. The van der Waals surface area contributed by atoms with Crippen molar-refractivity contribution < 1.29 is 19.5 Å². The van der Waals surface area contributed by atoms with Crippen LogP contribution in [-0.4, -0.2) is 23.0 Å². The number of carbonyl (C=O) groups is 3. The van der Waals surface area contributed by atoms with Gasteiger partial charge in [-0.2, -0.15) is 0 Å². The second-order valence-corrected chi connectivity index (χ2v) is 4.88. The van der Waals surface area contributed by atoms with Gasteiger partial charge in [-0.15, -0.1) is 0 Å². The molecule has 0 bridgehead atoms. The van der Waals surface area contributed by atoms with Gasteiger partial charge in [0, 0.05) is 0 Å². The number of urea groups is 1. The molecule has 1 fully saturated rings. The number of benzene rings is 2. The van der Waals surface area contributed by atoms with Crippen LogP contribution in [0.25, 0.3) is 6.08 Å². The van der Waals surface area contributed by atoms with E-state index in [0.717, 1.165) is 4.90 Å². The fourth-order valence-electron chi connectivity index (χ4n) is 2.21. The van der Waals surface area contributed by atoms with Crippen LogP contribution in [0.2, 0.25) is 0 Å². The molecule has 1 aliphatic rings. The molecule has 23 heavy (non-hydrogen) atoms. The van der Waals surface area contributed by atoms with E-state index < -0.39 is 17.8 Å². The van der Waals surface area contributed by atoms with Crippen molar-refractivity contribution in [3.63, 3.8) is 0 Å². The zero-order chi connectivity index (χ0) is 16.4. The predicted molar refractivity (Wildman–Crippen MR) is 83.6 cm³/mol. The zero-order valence-electron chi connectivity index (χ0n) is 11.9. The van der Waals surface area contributed by atoms with Crippen LogP contribution in [0, 0.1) is 0 Å². The molecule has 1 aliphatic heterocycles. The molecule has 0 aliphatic carbocycles. The van der Waals surface area contributed by atoms with Crippen molar-refractivity contribution in [3.8, 4) is 5.75 Å². The van der Waals surface area contributed by atoms with Crippen LogP contribution in [0.15, 0.2) is 60.2 Å². The molecule has 6 nitrogen and oxygen atoms in total. The van der Waals surface area contributed by atoms with Gasteiger partial charge in [-0.25, -0.2) is 9.69 Å². The summed E-state index contributed by atoms with van der Waals surface area (Å²) in [5.74, 6) is -1.37. The number of phenols is 1. The molecule has 0 radical (unpaired) electrons. The Hall–Kier alpha value is -3.41. The maximum atomic E-state index is 12.5. The minimum absolute atomic E-state index is 0.0765. The summed E-state index contributed by atoms with van der Waals surface area (Å²) in [5, 5.41) is 11.4.